The van der Waals surface area contributed by atoms with Gasteiger partial charge in [0, 0.05) is 52.5 Å². The van der Waals surface area contributed by atoms with Gasteiger partial charge in [-0.15, -0.1) is 0 Å². The maximum absolute atomic E-state index is 13.9. The number of carbonyl (C=O) groups is 1. The zero-order valence-electron chi connectivity index (χ0n) is 23.0. The summed E-state index contributed by atoms with van der Waals surface area (Å²) >= 11 is 0. The lowest BCUT2D eigenvalue weighted by Crippen LogP contribution is -2.44. The van der Waals surface area contributed by atoms with Crippen molar-refractivity contribution in [2.24, 2.45) is 11.8 Å². The summed E-state index contributed by atoms with van der Waals surface area (Å²) in [7, 11) is 5.71. The fraction of sp³-hybridized carbons (Fsp3) is 0.567. The molecule has 200 valence electrons. The average Bonchev–Trinajstić information content (AvgIpc) is 2.92. The highest BCUT2D eigenvalue weighted by molar-refractivity contribution is 5.94. The molecule has 0 unspecified atom stereocenters. The number of hydrogen-bond donors (Lipinski definition) is 0. The molecule has 1 amide bonds. The fourth-order valence-electron chi connectivity index (χ4n) is 5.52. The van der Waals surface area contributed by atoms with Gasteiger partial charge in [-0.1, -0.05) is 31.4 Å². The maximum atomic E-state index is 13.9. The van der Waals surface area contributed by atoms with Crippen LogP contribution in [-0.2, 0) is 9.53 Å². The molecule has 2 aliphatic rings. The van der Waals surface area contributed by atoms with E-state index >= 15 is 0 Å². The third-order valence-corrected chi connectivity index (χ3v) is 7.64. The summed E-state index contributed by atoms with van der Waals surface area (Å²) in [5.41, 5.74) is 3.16. The summed E-state index contributed by atoms with van der Waals surface area (Å²) in [4.78, 5) is 29.7. The van der Waals surface area contributed by atoms with Crippen molar-refractivity contribution in [2.45, 2.75) is 51.9 Å². The Morgan fingerprint density at radius 2 is 1.84 bits per heavy atom. The molecular formula is C30H43N5O2. The zero-order chi connectivity index (χ0) is 26.2. The number of carbonyl (C=O) groups excluding carboxylic acids is 1. The number of methoxy groups -OCH3 is 1. The van der Waals surface area contributed by atoms with Gasteiger partial charge in [-0.05, 0) is 68.4 Å². The Bertz CT molecular complexity index is 1040. The minimum atomic E-state index is 0.116. The van der Waals surface area contributed by atoms with E-state index in [-0.39, 0.29) is 11.8 Å². The van der Waals surface area contributed by atoms with Gasteiger partial charge in [0.1, 0.15) is 11.6 Å². The highest BCUT2D eigenvalue weighted by Crippen LogP contribution is 2.31. The molecule has 2 fully saturated rings. The van der Waals surface area contributed by atoms with Crippen molar-refractivity contribution in [1.29, 1.82) is 0 Å². The number of anilines is 3. The van der Waals surface area contributed by atoms with Crippen LogP contribution in [0.2, 0.25) is 0 Å². The number of nitrogens with zero attached hydrogens (tertiary/aromatic N) is 5. The average molecular weight is 506 g/mol. The number of piperidine rings is 1. The van der Waals surface area contributed by atoms with Crippen LogP contribution in [0.5, 0.6) is 0 Å². The molecule has 7 nitrogen and oxygen atoms in total. The number of rotatable bonds is 9. The lowest BCUT2D eigenvalue weighted by molar-refractivity contribution is -0.123. The molecule has 0 radical (unpaired) electrons. The Morgan fingerprint density at radius 3 is 2.49 bits per heavy atom. The monoisotopic (exact) mass is 505 g/mol. The molecule has 2 aromatic rings. The van der Waals surface area contributed by atoms with E-state index in [9.17, 15) is 4.79 Å². The Hall–Kier alpha value is -2.93. The Labute approximate surface area is 222 Å². The minimum Gasteiger partial charge on any atom is -0.381 e. The molecule has 2 aromatic heterocycles. The SMILES string of the molecule is COC/C=C/c1cc(C)nc(N(CC2CCN(c3ccc(N(C)C)nc3)CC2)C(=O)C2CCCCC2)c1. The first-order valence-electron chi connectivity index (χ1n) is 13.8. The third-order valence-electron chi connectivity index (χ3n) is 7.64. The molecule has 0 bridgehead atoms. The molecule has 3 heterocycles. The second-order valence-electron chi connectivity index (χ2n) is 10.7. The summed E-state index contributed by atoms with van der Waals surface area (Å²) < 4.78 is 5.17. The Kier molecular flexibility index (Phi) is 9.56. The number of hydrogen-bond acceptors (Lipinski definition) is 6. The molecule has 1 saturated carbocycles. The molecule has 0 aromatic carbocycles. The molecule has 1 saturated heterocycles. The van der Waals surface area contributed by atoms with Crippen molar-refractivity contribution < 1.29 is 9.53 Å². The van der Waals surface area contributed by atoms with Crippen molar-refractivity contribution >= 4 is 29.3 Å². The molecule has 4 rings (SSSR count). The quantitative estimate of drug-likeness (QED) is 0.458. The van der Waals surface area contributed by atoms with Crippen LogP contribution in [-0.4, -0.2) is 63.3 Å². The molecule has 1 aliphatic heterocycles. The fourth-order valence-corrected chi connectivity index (χ4v) is 5.52. The molecule has 37 heavy (non-hydrogen) atoms. The normalized spacial score (nSPS) is 17.4. The lowest BCUT2D eigenvalue weighted by atomic mass is 9.87. The summed E-state index contributed by atoms with van der Waals surface area (Å²) in [5.74, 6) is 2.59. The Morgan fingerprint density at radius 1 is 1.08 bits per heavy atom. The number of aryl methyl sites for hydroxylation is 1. The van der Waals surface area contributed by atoms with Crippen molar-refractivity contribution in [3.63, 3.8) is 0 Å². The van der Waals surface area contributed by atoms with E-state index in [4.69, 9.17) is 9.72 Å². The van der Waals surface area contributed by atoms with Gasteiger partial charge in [0.05, 0.1) is 18.5 Å². The van der Waals surface area contributed by atoms with E-state index in [0.717, 1.165) is 81.1 Å². The van der Waals surface area contributed by atoms with Gasteiger partial charge < -0.3 is 14.5 Å². The van der Waals surface area contributed by atoms with Gasteiger partial charge in [0.2, 0.25) is 5.91 Å². The van der Waals surface area contributed by atoms with Gasteiger partial charge in [-0.2, -0.15) is 0 Å². The van der Waals surface area contributed by atoms with Crippen LogP contribution < -0.4 is 14.7 Å². The van der Waals surface area contributed by atoms with Crippen LogP contribution in [0, 0.1) is 18.8 Å². The molecule has 0 N–H and O–H groups in total. The summed E-state index contributed by atoms with van der Waals surface area (Å²) in [6, 6.07) is 8.37. The second-order valence-corrected chi connectivity index (χ2v) is 10.7. The van der Waals surface area contributed by atoms with Crippen LogP contribution in [0.15, 0.2) is 36.5 Å². The number of ether oxygens (including phenoxy) is 1. The smallest absolute Gasteiger partial charge is 0.231 e. The van der Waals surface area contributed by atoms with E-state index in [2.05, 4.69) is 40.2 Å². The van der Waals surface area contributed by atoms with Gasteiger partial charge >= 0.3 is 0 Å². The van der Waals surface area contributed by atoms with Crippen molar-refractivity contribution in [2.75, 3.05) is 62.1 Å². The molecule has 7 heteroatoms. The number of amides is 1. The molecular weight excluding hydrogens is 462 g/mol. The number of aromatic nitrogens is 2. The van der Waals surface area contributed by atoms with E-state index in [1.807, 2.05) is 43.1 Å². The number of pyridine rings is 2. The molecule has 0 spiro atoms. The highest BCUT2D eigenvalue weighted by atomic mass is 16.5. The predicted octanol–water partition coefficient (Wildman–Crippen LogP) is 5.34. The minimum absolute atomic E-state index is 0.116. The van der Waals surface area contributed by atoms with Gasteiger partial charge in [0.15, 0.2) is 0 Å². The Balaban J connectivity index is 1.48. The van der Waals surface area contributed by atoms with Crippen LogP contribution in [0.4, 0.5) is 17.3 Å². The standard InChI is InChI=1S/C30H43N5O2/c1-23-19-25(9-8-18-37-4)20-29(32-23)35(30(36)26-10-6-5-7-11-26)22-24-14-16-34(17-15-24)27-12-13-28(31-21-27)33(2)3/h8-9,12-13,19-21,24,26H,5-7,10-11,14-18,22H2,1-4H3/b9-8+. The van der Waals surface area contributed by atoms with Crippen molar-refractivity contribution in [1.82, 2.24) is 9.97 Å². The van der Waals surface area contributed by atoms with Crippen molar-refractivity contribution in [3.8, 4) is 0 Å². The van der Waals surface area contributed by atoms with Crippen LogP contribution in [0.25, 0.3) is 6.08 Å². The van der Waals surface area contributed by atoms with Crippen LogP contribution in [0.1, 0.15) is 56.2 Å². The van der Waals surface area contributed by atoms with E-state index in [1.54, 1.807) is 7.11 Å². The second kappa shape index (κ2) is 13.0. The van der Waals surface area contributed by atoms with E-state index in [0.29, 0.717) is 12.5 Å². The van der Waals surface area contributed by atoms with Gasteiger partial charge in [-0.25, -0.2) is 9.97 Å². The first kappa shape index (κ1) is 27.1. The highest BCUT2D eigenvalue weighted by Gasteiger charge is 2.31. The summed E-state index contributed by atoms with van der Waals surface area (Å²) in [6.45, 7) is 5.26. The lowest BCUT2D eigenvalue weighted by Gasteiger charge is -2.37. The van der Waals surface area contributed by atoms with E-state index in [1.165, 1.54) is 12.1 Å². The largest absolute Gasteiger partial charge is 0.381 e. The third kappa shape index (κ3) is 7.31. The van der Waals surface area contributed by atoms with Crippen LogP contribution in [0.3, 0.4) is 0 Å². The topological polar surface area (TPSA) is 61.8 Å². The van der Waals surface area contributed by atoms with Gasteiger partial charge in [-0.3, -0.25) is 9.69 Å². The van der Waals surface area contributed by atoms with Crippen molar-refractivity contribution in [3.05, 3.63) is 47.8 Å². The first-order chi connectivity index (χ1) is 17.9. The van der Waals surface area contributed by atoms with E-state index < -0.39 is 0 Å². The van der Waals surface area contributed by atoms with Gasteiger partial charge in [0.25, 0.3) is 0 Å². The zero-order valence-corrected chi connectivity index (χ0v) is 23.0. The van der Waals surface area contributed by atoms with Crippen LogP contribution >= 0.6 is 0 Å². The predicted molar refractivity (Wildman–Crippen MR) is 152 cm³/mol. The maximum Gasteiger partial charge on any atom is 0.231 e. The molecule has 1 aliphatic carbocycles. The summed E-state index contributed by atoms with van der Waals surface area (Å²) in [5, 5.41) is 0. The molecule has 0 atom stereocenters. The summed E-state index contributed by atoms with van der Waals surface area (Å²) in [6.07, 6.45) is 13.7. The first-order valence-corrected chi connectivity index (χ1v) is 13.8.